The number of aromatic amines is 1. The van der Waals surface area contributed by atoms with Crippen molar-refractivity contribution in [2.75, 3.05) is 5.32 Å². The van der Waals surface area contributed by atoms with Crippen molar-refractivity contribution in [2.45, 2.75) is 65.0 Å². The molecule has 1 aliphatic rings. The molecule has 2 aromatic heterocycles. The van der Waals surface area contributed by atoms with E-state index in [1.807, 2.05) is 30.5 Å². The van der Waals surface area contributed by atoms with E-state index in [-0.39, 0.29) is 23.4 Å². The molecule has 1 aliphatic heterocycles. The molecule has 0 saturated heterocycles. The monoisotopic (exact) mass is 469 g/mol. The Labute approximate surface area is 205 Å². The molecule has 3 N–H and O–H groups in total. The van der Waals surface area contributed by atoms with Crippen LogP contribution in [0.15, 0.2) is 47.8 Å². The van der Waals surface area contributed by atoms with Gasteiger partial charge in [-0.2, -0.15) is 10.0 Å². The molecule has 7 heteroatoms. The van der Waals surface area contributed by atoms with Gasteiger partial charge in [0, 0.05) is 34.0 Å². The molecule has 0 saturated carbocycles. The van der Waals surface area contributed by atoms with Gasteiger partial charge in [-0.05, 0) is 45.7 Å². The molecule has 180 valence electrons. The van der Waals surface area contributed by atoms with Crippen molar-refractivity contribution in [3.63, 3.8) is 0 Å². The van der Waals surface area contributed by atoms with Gasteiger partial charge in [0.05, 0.1) is 11.7 Å². The Hall–Kier alpha value is -3.74. The number of fused-ring (bicyclic) bond motifs is 2. The molecule has 1 unspecified atom stereocenters. The summed E-state index contributed by atoms with van der Waals surface area (Å²) in [7, 11) is 0. The number of phenolic OH excluding ortho intramolecular Hbond substituents is 1. The van der Waals surface area contributed by atoms with Crippen LogP contribution in [0.5, 0.6) is 5.75 Å². The summed E-state index contributed by atoms with van der Waals surface area (Å²) in [6.07, 6.45) is 1.96. The number of nitrogens with one attached hydrogen (secondary N) is 2. The highest BCUT2D eigenvalue weighted by molar-refractivity contribution is 6.02. The van der Waals surface area contributed by atoms with Crippen LogP contribution in [0.2, 0.25) is 0 Å². The fourth-order valence-corrected chi connectivity index (χ4v) is 5.05. The van der Waals surface area contributed by atoms with E-state index in [0.29, 0.717) is 17.1 Å². The molecule has 1 atom stereocenters. The third-order valence-electron chi connectivity index (χ3n) is 6.80. The van der Waals surface area contributed by atoms with Crippen LogP contribution in [0.4, 0.5) is 5.69 Å². The SMILES string of the molecule is CC(C)(C)c1cc(C2Nc3ccccc3-c3c(CN=O)nnc4[nH]cc2c34)cc(C(C)(C)C)c1O. The lowest BCUT2D eigenvalue weighted by Gasteiger charge is -2.30. The van der Waals surface area contributed by atoms with Gasteiger partial charge >= 0.3 is 0 Å². The van der Waals surface area contributed by atoms with Crippen LogP contribution in [-0.2, 0) is 17.4 Å². The summed E-state index contributed by atoms with van der Waals surface area (Å²) in [6.45, 7) is 12.7. The Morgan fingerprint density at radius 3 is 2.29 bits per heavy atom. The number of nitroso groups, excluding NO2 is 1. The number of hydrogen-bond acceptors (Lipinski definition) is 6. The number of hydrogen-bond donors (Lipinski definition) is 3. The molecular formula is C28H31N5O2. The van der Waals surface area contributed by atoms with Crippen LogP contribution in [0.3, 0.4) is 0 Å². The molecule has 5 rings (SSSR count). The van der Waals surface area contributed by atoms with Gasteiger partial charge in [-0.15, -0.1) is 5.10 Å². The van der Waals surface area contributed by atoms with Gasteiger partial charge in [0.2, 0.25) is 0 Å². The van der Waals surface area contributed by atoms with Gasteiger partial charge in [0.15, 0.2) is 5.65 Å². The lowest BCUT2D eigenvalue weighted by Crippen LogP contribution is -2.20. The second kappa shape index (κ2) is 7.90. The van der Waals surface area contributed by atoms with Crippen LogP contribution in [0.25, 0.3) is 22.2 Å². The van der Waals surface area contributed by atoms with E-state index in [2.05, 4.69) is 79.4 Å². The normalized spacial score (nSPS) is 15.4. The van der Waals surface area contributed by atoms with E-state index in [1.165, 1.54) is 0 Å². The number of nitrogens with zero attached hydrogens (tertiary/aromatic N) is 3. The first-order valence-electron chi connectivity index (χ1n) is 11.9. The topological polar surface area (TPSA) is 103 Å². The molecule has 0 aliphatic carbocycles. The second-order valence-corrected chi connectivity index (χ2v) is 11.4. The molecule has 35 heavy (non-hydrogen) atoms. The number of H-pyrrole nitrogens is 1. The number of phenols is 1. The quantitative estimate of drug-likeness (QED) is 0.289. The van der Waals surface area contributed by atoms with Crippen LogP contribution >= 0.6 is 0 Å². The average molecular weight is 470 g/mol. The standard InChI is InChI=1S/C28H31N5O2/c1-27(2,3)18-11-15(12-19(25(18)34)28(4,5)6)24-17-13-29-26-23(17)22(21(14-30-35)32-33-26)16-9-7-8-10-20(16)31-24/h7-13,24,31,34H,14H2,1-6H3,(H,29,33). The van der Waals surface area contributed by atoms with E-state index in [4.69, 9.17) is 0 Å². The molecule has 0 bridgehead atoms. The third-order valence-corrected chi connectivity index (χ3v) is 6.80. The van der Waals surface area contributed by atoms with Crippen molar-refractivity contribution in [1.82, 2.24) is 15.2 Å². The molecule has 0 fully saturated rings. The Bertz CT molecular complexity index is 1420. The van der Waals surface area contributed by atoms with E-state index in [9.17, 15) is 10.0 Å². The Morgan fingerprint density at radius 1 is 1.00 bits per heavy atom. The van der Waals surface area contributed by atoms with Gasteiger partial charge in [-0.3, -0.25) is 0 Å². The number of anilines is 1. The molecular weight excluding hydrogens is 438 g/mol. The van der Waals surface area contributed by atoms with Crippen molar-refractivity contribution in [3.05, 3.63) is 75.4 Å². The molecule has 3 heterocycles. The maximum Gasteiger partial charge on any atom is 0.160 e. The first kappa shape index (κ1) is 23.0. The molecule has 2 aromatic carbocycles. The maximum absolute atomic E-state index is 11.3. The summed E-state index contributed by atoms with van der Waals surface area (Å²) in [6, 6.07) is 12.0. The highest BCUT2D eigenvalue weighted by Gasteiger charge is 2.32. The van der Waals surface area contributed by atoms with E-state index >= 15 is 0 Å². The van der Waals surface area contributed by atoms with Crippen molar-refractivity contribution in [1.29, 1.82) is 0 Å². The zero-order valence-electron chi connectivity index (χ0n) is 21.0. The first-order chi connectivity index (χ1) is 16.5. The van der Waals surface area contributed by atoms with Crippen molar-refractivity contribution in [3.8, 4) is 16.9 Å². The Balaban J connectivity index is 1.85. The predicted octanol–water partition coefficient (Wildman–Crippen LogP) is 6.71. The van der Waals surface area contributed by atoms with Crippen molar-refractivity contribution >= 4 is 16.7 Å². The highest BCUT2D eigenvalue weighted by atomic mass is 16.3. The smallest absolute Gasteiger partial charge is 0.160 e. The van der Waals surface area contributed by atoms with Crippen molar-refractivity contribution in [2.24, 2.45) is 5.18 Å². The number of aromatic nitrogens is 3. The van der Waals surface area contributed by atoms with E-state index in [1.54, 1.807) is 0 Å². The summed E-state index contributed by atoms with van der Waals surface area (Å²) in [5.74, 6) is 0.354. The maximum atomic E-state index is 11.3. The molecule has 0 amide bonds. The molecule has 0 spiro atoms. The number of para-hydroxylation sites is 1. The Morgan fingerprint density at radius 2 is 1.66 bits per heavy atom. The van der Waals surface area contributed by atoms with Crippen LogP contribution in [0.1, 0.15) is 75.5 Å². The fourth-order valence-electron chi connectivity index (χ4n) is 5.05. The van der Waals surface area contributed by atoms with Gasteiger partial charge < -0.3 is 15.4 Å². The molecule has 7 nitrogen and oxygen atoms in total. The zero-order chi connectivity index (χ0) is 25.1. The molecule has 4 aromatic rings. The average Bonchev–Trinajstić information content (AvgIpc) is 3.14. The van der Waals surface area contributed by atoms with E-state index in [0.717, 1.165) is 44.5 Å². The molecule has 0 radical (unpaired) electrons. The van der Waals surface area contributed by atoms with Gasteiger partial charge in [0.25, 0.3) is 0 Å². The van der Waals surface area contributed by atoms with Crippen LogP contribution in [-0.4, -0.2) is 20.3 Å². The summed E-state index contributed by atoms with van der Waals surface area (Å²) in [4.78, 5) is 14.5. The zero-order valence-corrected chi connectivity index (χ0v) is 21.0. The lowest BCUT2D eigenvalue weighted by molar-refractivity contribution is 0.422. The van der Waals surface area contributed by atoms with E-state index < -0.39 is 0 Å². The fraction of sp³-hybridized carbons (Fsp3) is 0.357. The second-order valence-electron chi connectivity index (χ2n) is 11.4. The minimum Gasteiger partial charge on any atom is -0.507 e. The van der Waals surface area contributed by atoms with Gasteiger partial charge in [-0.25, -0.2) is 0 Å². The number of aromatic hydroxyl groups is 1. The predicted molar refractivity (Wildman–Crippen MR) is 140 cm³/mol. The van der Waals surface area contributed by atoms with Crippen LogP contribution in [0, 0.1) is 4.91 Å². The lowest BCUT2D eigenvalue weighted by atomic mass is 9.77. The number of benzene rings is 2. The summed E-state index contributed by atoms with van der Waals surface area (Å²) < 4.78 is 0. The summed E-state index contributed by atoms with van der Waals surface area (Å²) >= 11 is 0. The largest absolute Gasteiger partial charge is 0.507 e. The highest BCUT2D eigenvalue weighted by Crippen LogP contribution is 2.47. The summed E-state index contributed by atoms with van der Waals surface area (Å²) in [5, 5.41) is 27.8. The van der Waals surface area contributed by atoms with Crippen molar-refractivity contribution < 1.29 is 5.11 Å². The minimum atomic E-state index is -0.248. The van der Waals surface area contributed by atoms with Gasteiger partial charge in [0.1, 0.15) is 12.3 Å². The number of rotatable bonds is 3. The summed E-state index contributed by atoms with van der Waals surface area (Å²) in [5.41, 5.74) is 7.38. The van der Waals surface area contributed by atoms with Gasteiger partial charge in [-0.1, -0.05) is 64.9 Å². The first-order valence-corrected chi connectivity index (χ1v) is 11.9. The third kappa shape index (κ3) is 3.75. The Kier molecular flexibility index (Phi) is 5.20. The van der Waals surface area contributed by atoms with Crippen LogP contribution < -0.4 is 5.32 Å². The minimum absolute atomic E-state index is 0.0521.